The van der Waals surface area contributed by atoms with Crippen LogP contribution in [-0.4, -0.2) is 24.8 Å². The molecule has 0 atom stereocenters. The lowest BCUT2D eigenvalue weighted by Gasteiger charge is -2.06. The van der Waals surface area contributed by atoms with Gasteiger partial charge < -0.3 is 5.01 Å². The second-order valence-corrected chi connectivity index (χ2v) is 3.86. The molecule has 0 aromatic rings. The van der Waals surface area contributed by atoms with E-state index in [1.54, 1.807) is 0 Å². The molecule has 0 aliphatic rings. The molecule has 0 rings (SSSR count). The fraction of sp³-hybridized carbons (Fsp3) is 0.727. The first-order valence-corrected chi connectivity index (χ1v) is 4.87. The van der Waals surface area contributed by atoms with Crippen LogP contribution in [0.2, 0.25) is 0 Å². The molecule has 0 spiro atoms. The predicted molar refractivity (Wildman–Crippen MR) is 60.1 cm³/mol. The highest BCUT2D eigenvalue weighted by molar-refractivity contribution is 5.81. The second kappa shape index (κ2) is 6.70. The maximum absolute atomic E-state index is 4.32. The van der Waals surface area contributed by atoms with E-state index in [9.17, 15) is 0 Å². The van der Waals surface area contributed by atoms with Crippen molar-refractivity contribution in [1.29, 1.82) is 0 Å². The van der Waals surface area contributed by atoms with E-state index in [0.29, 0.717) is 0 Å². The Labute approximate surface area is 82.3 Å². The molecule has 2 heteroatoms. The van der Waals surface area contributed by atoms with E-state index in [0.717, 1.165) is 6.42 Å². The molecule has 0 N–H and O–H groups in total. The van der Waals surface area contributed by atoms with Gasteiger partial charge in [0, 0.05) is 19.8 Å². The molecule has 0 aromatic carbocycles. The Morgan fingerprint density at radius 1 is 1.23 bits per heavy atom. The third-order valence-corrected chi connectivity index (χ3v) is 1.67. The first-order chi connectivity index (χ1) is 6.02. The van der Waals surface area contributed by atoms with Gasteiger partial charge in [0.1, 0.15) is 0 Å². The Balaban J connectivity index is 3.59. The number of hydrogen-bond acceptors (Lipinski definition) is 2. The maximum Gasteiger partial charge on any atom is 0.0349 e. The predicted octanol–water partition coefficient (Wildman–Crippen LogP) is 3.06. The van der Waals surface area contributed by atoms with Crippen LogP contribution >= 0.6 is 0 Å². The van der Waals surface area contributed by atoms with E-state index >= 15 is 0 Å². The van der Waals surface area contributed by atoms with Crippen molar-refractivity contribution < 1.29 is 0 Å². The normalized spacial score (nSPS) is 11.3. The van der Waals surface area contributed by atoms with Crippen molar-refractivity contribution in [2.45, 2.75) is 40.0 Å². The molecule has 0 bridgehead atoms. The Hall–Kier alpha value is -0.790. The lowest BCUT2D eigenvalue weighted by molar-refractivity contribution is 0.435. The average molecular weight is 182 g/mol. The summed E-state index contributed by atoms with van der Waals surface area (Å²) in [5.41, 5.74) is 2.62. The summed E-state index contributed by atoms with van der Waals surface area (Å²) in [4.78, 5) is 0. The highest BCUT2D eigenvalue weighted by Crippen LogP contribution is 2.02. The lowest BCUT2D eigenvalue weighted by Crippen LogP contribution is -2.06. The zero-order chi connectivity index (χ0) is 10.3. The molecule has 76 valence electrons. The number of unbranched alkanes of at least 4 members (excludes halogenated alkanes) is 1. The second-order valence-electron chi connectivity index (χ2n) is 3.86. The van der Waals surface area contributed by atoms with E-state index in [1.807, 2.05) is 19.1 Å². The average Bonchev–Trinajstić information content (AvgIpc) is 1.96. The van der Waals surface area contributed by atoms with Gasteiger partial charge in [-0.3, -0.25) is 0 Å². The minimum Gasteiger partial charge on any atom is -0.303 e. The molecule has 0 aromatic heterocycles. The van der Waals surface area contributed by atoms with Crippen LogP contribution < -0.4 is 0 Å². The minimum atomic E-state index is 1.10. The standard InChI is InChI=1S/C11H22N2/c1-10(2)8-6-7-9-11(3)12-13(4)5/h8H,6-7,9H2,1-5H3. The Morgan fingerprint density at radius 2 is 1.85 bits per heavy atom. The van der Waals surface area contributed by atoms with Crippen LogP contribution in [0.4, 0.5) is 0 Å². The molecule has 0 aliphatic carbocycles. The van der Waals surface area contributed by atoms with Crippen molar-refractivity contribution in [3.05, 3.63) is 11.6 Å². The summed E-state index contributed by atoms with van der Waals surface area (Å²) in [6.07, 6.45) is 5.75. The van der Waals surface area contributed by atoms with Crippen LogP contribution in [0.15, 0.2) is 16.8 Å². The van der Waals surface area contributed by atoms with E-state index in [2.05, 4.69) is 31.9 Å². The quantitative estimate of drug-likeness (QED) is 0.276. The molecule has 0 amide bonds. The smallest absolute Gasteiger partial charge is 0.0349 e. The van der Waals surface area contributed by atoms with Gasteiger partial charge in [-0.2, -0.15) is 5.10 Å². The van der Waals surface area contributed by atoms with Gasteiger partial charge in [0.2, 0.25) is 0 Å². The van der Waals surface area contributed by atoms with Crippen molar-refractivity contribution in [2.24, 2.45) is 5.10 Å². The van der Waals surface area contributed by atoms with Crippen molar-refractivity contribution in [3.63, 3.8) is 0 Å². The molecular formula is C11H22N2. The molecule has 13 heavy (non-hydrogen) atoms. The molecule has 0 radical (unpaired) electrons. The van der Waals surface area contributed by atoms with Gasteiger partial charge in [-0.05, 0) is 40.0 Å². The van der Waals surface area contributed by atoms with Crippen LogP contribution in [-0.2, 0) is 0 Å². The van der Waals surface area contributed by atoms with Crippen molar-refractivity contribution in [3.8, 4) is 0 Å². The van der Waals surface area contributed by atoms with Gasteiger partial charge in [0.25, 0.3) is 0 Å². The largest absolute Gasteiger partial charge is 0.303 e. The molecule has 0 aliphatic heterocycles. The van der Waals surface area contributed by atoms with Crippen molar-refractivity contribution in [2.75, 3.05) is 14.1 Å². The van der Waals surface area contributed by atoms with Crippen LogP contribution in [0, 0.1) is 0 Å². The Kier molecular flexibility index (Phi) is 6.29. The molecule has 0 unspecified atom stereocenters. The summed E-state index contributed by atoms with van der Waals surface area (Å²) in [5.74, 6) is 0. The van der Waals surface area contributed by atoms with Crippen LogP contribution in [0.3, 0.4) is 0 Å². The van der Waals surface area contributed by atoms with Gasteiger partial charge in [-0.25, -0.2) is 0 Å². The first kappa shape index (κ1) is 12.2. The minimum absolute atomic E-state index is 1.10. The molecule has 0 fully saturated rings. The van der Waals surface area contributed by atoms with E-state index in [4.69, 9.17) is 0 Å². The molecule has 2 nitrogen and oxygen atoms in total. The van der Waals surface area contributed by atoms with Gasteiger partial charge in [0.05, 0.1) is 0 Å². The summed E-state index contributed by atoms with van der Waals surface area (Å²) < 4.78 is 0. The first-order valence-electron chi connectivity index (χ1n) is 4.87. The topological polar surface area (TPSA) is 15.6 Å². The number of hydrazone groups is 1. The number of allylic oxidation sites excluding steroid dienone is 2. The number of hydrogen-bond donors (Lipinski definition) is 0. The summed E-state index contributed by atoms with van der Waals surface area (Å²) in [6.45, 7) is 6.37. The van der Waals surface area contributed by atoms with E-state index in [-0.39, 0.29) is 0 Å². The Bertz CT molecular complexity index is 186. The van der Waals surface area contributed by atoms with Crippen molar-refractivity contribution >= 4 is 5.71 Å². The van der Waals surface area contributed by atoms with Crippen LogP contribution in [0.5, 0.6) is 0 Å². The monoisotopic (exact) mass is 182 g/mol. The Morgan fingerprint density at radius 3 is 2.31 bits per heavy atom. The number of nitrogens with zero attached hydrogens (tertiary/aromatic N) is 2. The van der Waals surface area contributed by atoms with Gasteiger partial charge >= 0.3 is 0 Å². The van der Waals surface area contributed by atoms with Crippen molar-refractivity contribution in [1.82, 2.24) is 5.01 Å². The van der Waals surface area contributed by atoms with Gasteiger partial charge in [-0.15, -0.1) is 0 Å². The molecular weight excluding hydrogens is 160 g/mol. The van der Waals surface area contributed by atoms with Crippen LogP contribution in [0.25, 0.3) is 0 Å². The number of rotatable bonds is 5. The molecule has 0 heterocycles. The van der Waals surface area contributed by atoms with E-state index in [1.165, 1.54) is 24.1 Å². The SMILES string of the molecule is CC(C)=CCCCC(C)=NN(C)C. The third kappa shape index (κ3) is 9.12. The van der Waals surface area contributed by atoms with Gasteiger partial charge in [-0.1, -0.05) is 11.6 Å². The van der Waals surface area contributed by atoms with Gasteiger partial charge in [0.15, 0.2) is 0 Å². The van der Waals surface area contributed by atoms with Crippen LogP contribution in [0.1, 0.15) is 40.0 Å². The molecule has 0 saturated heterocycles. The highest BCUT2D eigenvalue weighted by atomic mass is 15.4. The summed E-state index contributed by atoms with van der Waals surface area (Å²) in [6, 6.07) is 0. The van der Waals surface area contributed by atoms with E-state index < -0.39 is 0 Å². The fourth-order valence-electron chi connectivity index (χ4n) is 1.14. The lowest BCUT2D eigenvalue weighted by atomic mass is 10.1. The zero-order valence-electron chi connectivity index (χ0n) is 9.59. The highest BCUT2D eigenvalue weighted by Gasteiger charge is 1.91. The summed E-state index contributed by atoms with van der Waals surface area (Å²) in [7, 11) is 3.92. The zero-order valence-corrected chi connectivity index (χ0v) is 9.59. The fourth-order valence-corrected chi connectivity index (χ4v) is 1.14. The summed E-state index contributed by atoms with van der Waals surface area (Å²) >= 11 is 0. The third-order valence-electron chi connectivity index (χ3n) is 1.67. The molecule has 0 saturated carbocycles. The summed E-state index contributed by atoms with van der Waals surface area (Å²) in [5, 5.41) is 6.18. The maximum atomic E-state index is 4.32.